The lowest BCUT2D eigenvalue weighted by molar-refractivity contribution is -0.124. The van der Waals surface area contributed by atoms with E-state index in [-0.39, 0.29) is 12.0 Å². The molecule has 0 spiro atoms. The van der Waals surface area contributed by atoms with Crippen LogP contribution in [0.4, 0.5) is 11.5 Å². The lowest BCUT2D eigenvalue weighted by Crippen LogP contribution is -2.27. The molecule has 1 fully saturated rings. The number of aromatic nitrogens is 1. The minimum Gasteiger partial charge on any atom is -0.384 e. The molecule has 1 amide bonds. The van der Waals surface area contributed by atoms with E-state index in [4.69, 9.17) is 4.74 Å². The van der Waals surface area contributed by atoms with E-state index in [9.17, 15) is 4.79 Å². The number of anilines is 2. The molecule has 0 bridgehead atoms. The van der Waals surface area contributed by atoms with Gasteiger partial charge in [-0.1, -0.05) is 13.8 Å². The average Bonchev–Trinajstić information content (AvgIpc) is 2.94. The molecule has 20 heavy (non-hydrogen) atoms. The first kappa shape index (κ1) is 14.8. The number of hydrogen-bond acceptors (Lipinski definition) is 4. The molecule has 0 aromatic carbocycles. The predicted octanol–water partition coefficient (Wildman–Crippen LogP) is 2.66. The third kappa shape index (κ3) is 4.49. The molecule has 5 heteroatoms. The van der Waals surface area contributed by atoms with Crippen molar-refractivity contribution in [3.05, 3.63) is 18.3 Å². The van der Waals surface area contributed by atoms with E-state index in [0.717, 1.165) is 31.5 Å². The molecule has 1 unspecified atom stereocenters. The van der Waals surface area contributed by atoms with E-state index in [1.807, 2.05) is 12.1 Å². The van der Waals surface area contributed by atoms with Crippen LogP contribution < -0.4 is 10.6 Å². The minimum atomic E-state index is -0.319. The van der Waals surface area contributed by atoms with Gasteiger partial charge in [0.1, 0.15) is 11.9 Å². The van der Waals surface area contributed by atoms with Gasteiger partial charge in [0.05, 0.1) is 11.9 Å². The van der Waals surface area contributed by atoms with Crippen molar-refractivity contribution in [1.29, 1.82) is 0 Å². The summed E-state index contributed by atoms with van der Waals surface area (Å²) in [5, 5.41) is 6.09. The van der Waals surface area contributed by atoms with Crippen LogP contribution in [0.25, 0.3) is 0 Å². The topological polar surface area (TPSA) is 63.2 Å². The molecule has 5 nitrogen and oxygen atoms in total. The Morgan fingerprint density at radius 1 is 1.50 bits per heavy atom. The number of carbonyl (C=O) groups is 1. The molecule has 1 aliphatic heterocycles. The van der Waals surface area contributed by atoms with Crippen LogP contribution in [-0.4, -0.2) is 30.1 Å². The molecule has 1 aromatic heterocycles. The zero-order valence-electron chi connectivity index (χ0n) is 12.2. The molecule has 1 saturated heterocycles. The summed E-state index contributed by atoms with van der Waals surface area (Å²) in [4.78, 5) is 16.1. The van der Waals surface area contributed by atoms with Gasteiger partial charge in [-0.15, -0.1) is 0 Å². The number of rotatable bonds is 6. The van der Waals surface area contributed by atoms with E-state index >= 15 is 0 Å². The highest BCUT2D eigenvalue weighted by molar-refractivity contribution is 5.93. The summed E-state index contributed by atoms with van der Waals surface area (Å²) >= 11 is 0. The van der Waals surface area contributed by atoms with Gasteiger partial charge in [0.25, 0.3) is 5.91 Å². The van der Waals surface area contributed by atoms with Crippen molar-refractivity contribution in [3.63, 3.8) is 0 Å². The summed E-state index contributed by atoms with van der Waals surface area (Å²) in [7, 11) is 0. The standard InChI is InChI=1S/C15H23N3O2/c1-11(2)7-8-16-12-5-6-14(17-10-12)18-15(19)13-4-3-9-20-13/h5-6,10-11,13,16H,3-4,7-9H2,1-2H3,(H,17,18,19). The van der Waals surface area contributed by atoms with E-state index in [1.54, 1.807) is 6.20 Å². The Labute approximate surface area is 120 Å². The summed E-state index contributed by atoms with van der Waals surface area (Å²) in [6.07, 6.45) is 4.29. The van der Waals surface area contributed by atoms with E-state index in [1.165, 1.54) is 0 Å². The van der Waals surface area contributed by atoms with Gasteiger partial charge in [-0.2, -0.15) is 0 Å². The second-order valence-corrected chi connectivity index (χ2v) is 5.53. The zero-order chi connectivity index (χ0) is 14.4. The van der Waals surface area contributed by atoms with E-state index < -0.39 is 0 Å². The summed E-state index contributed by atoms with van der Waals surface area (Å²) in [5.74, 6) is 1.15. The minimum absolute atomic E-state index is 0.101. The number of ether oxygens (including phenoxy) is 1. The highest BCUT2D eigenvalue weighted by Crippen LogP contribution is 2.15. The molecule has 1 aromatic rings. The molecule has 2 N–H and O–H groups in total. The summed E-state index contributed by atoms with van der Waals surface area (Å²) in [6.45, 7) is 6.00. The summed E-state index contributed by atoms with van der Waals surface area (Å²) in [5.41, 5.74) is 0.973. The Morgan fingerprint density at radius 2 is 2.35 bits per heavy atom. The Hall–Kier alpha value is -1.62. The van der Waals surface area contributed by atoms with Crippen LogP contribution in [0.2, 0.25) is 0 Å². The molecule has 110 valence electrons. The first-order chi connectivity index (χ1) is 9.65. The molecule has 0 saturated carbocycles. The third-order valence-electron chi connectivity index (χ3n) is 3.29. The van der Waals surface area contributed by atoms with Gasteiger partial charge in [-0.25, -0.2) is 4.98 Å². The lowest BCUT2D eigenvalue weighted by Gasteiger charge is -2.11. The van der Waals surface area contributed by atoms with Gasteiger partial charge < -0.3 is 15.4 Å². The predicted molar refractivity (Wildman–Crippen MR) is 79.8 cm³/mol. The van der Waals surface area contributed by atoms with Gasteiger partial charge in [0.2, 0.25) is 0 Å². The number of nitrogens with one attached hydrogen (secondary N) is 2. The van der Waals surface area contributed by atoms with Crippen molar-refractivity contribution in [1.82, 2.24) is 4.98 Å². The molecule has 2 rings (SSSR count). The fourth-order valence-electron chi connectivity index (χ4n) is 2.07. The van der Waals surface area contributed by atoms with Crippen LogP contribution in [0.5, 0.6) is 0 Å². The number of pyridine rings is 1. The molecule has 1 aliphatic rings. The maximum absolute atomic E-state index is 11.9. The molecule has 0 radical (unpaired) electrons. The maximum atomic E-state index is 11.9. The fraction of sp³-hybridized carbons (Fsp3) is 0.600. The van der Waals surface area contributed by atoms with Crippen LogP contribution in [-0.2, 0) is 9.53 Å². The van der Waals surface area contributed by atoms with Crippen molar-refractivity contribution < 1.29 is 9.53 Å². The number of carbonyl (C=O) groups excluding carboxylic acids is 1. The molecule has 0 aliphatic carbocycles. The Morgan fingerprint density at radius 3 is 2.95 bits per heavy atom. The van der Waals surface area contributed by atoms with Crippen LogP contribution in [0, 0.1) is 5.92 Å². The largest absolute Gasteiger partial charge is 0.384 e. The zero-order valence-corrected chi connectivity index (χ0v) is 12.2. The molecule has 1 atom stereocenters. The SMILES string of the molecule is CC(C)CCNc1ccc(NC(=O)C2CCCO2)nc1. The summed E-state index contributed by atoms with van der Waals surface area (Å²) in [6, 6.07) is 3.74. The van der Waals surface area contributed by atoms with Crippen LogP contribution in [0.3, 0.4) is 0 Å². The number of nitrogens with zero attached hydrogens (tertiary/aromatic N) is 1. The first-order valence-corrected chi connectivity index (χ1v) is 7.27. The van der Waals surface area contributed by atoms with Gasteiger partial charge in [-0.05, 0) is 37.3 Å². The van der Waals surface area contributed by atoms with E-state index in [0.29, 0.717) is 18.3 Å². The molecular weight excluding hydrogens is 254 g/mol. The van der Waals surface area contributed by atoms with Crippen molar-refractivity contribution in [2.45, 2.75) is 39.2 Å². The Balaban J connectivity index is 1.80. The highest BCUT2D eigenvalue weighted by atomic mass is 16.5. The van der Waals surface area contributed by atoms with Crippen molar-refractivity contribution >= 4 is 17.4 Å². The second-order valence-electron chi connectivity index (χ2n) is 5.53. The van der Waals surface area contributed by atoms with E-state index in [2.05, 4.69) is 29.5 Å². The van der Waals surface area contributed by atoms with Crippen LogP contribution >= 0.6 is 0 Å². The van der Waals surface area contributed by atoms with Crippen molar-refractivity contribution in [2.75, 3.05) is 23.8 Å². The normalized spacial score (nSPS) is 18.2. The van der Waals surface area contributed by atoms with Crippen molar-refractivity contribution in [3.8, 4) is 0 Å². The number of amides is 1. The smallest absolute Gasteiger partial charge is 0.254 e. The van der Waals surface area contributed by atoms with Gasteiger partial charge in [0.15, 0.2) is 0 Å². The Bertz CT molecular complexity index is 425. The quantitative estimate of drug-likeness (QED) is 0.839. The fourth-order valence-corrected chi connectivity index (χ4v) is 2.07. The maximum Gasteiger partial charge on any atom is 0.254 e. The van der Waals surface area contributed by atoms with Gasteiger partial charge in [-0.3, -0.25) is 4.79 Å². The van der Waals surface area contributed by atoms with Crippen LogP contribution in [0.1, 0.15) is 33.1 Å². The molecular formula is C15H23N3O2. The second kappa shape index (κ2) is 7.24. The van der Waals surface area contributed by atoms with Gasteiger partial charge in [0, 0.05) is 13.2 Å². The molecule has 2 heterocycles. The first-order valence-electron chi connectivity index (χ1n) is 7.27. The third-order valence-corrected chi connectivity index (χ3v) is 3.29. The lowest BCUT2D eigenvalue weighted by atomic mass is 10.1. The van der Waals surface area contributed by atoms with Gasteiger partial charge >= 0.3 is 0 Å². The average molecular weight is 277 g/mol. The monoisotopic (exact) mass is 277 g/mol. The number of hydrogen-bond donors (Lipinski definition) is 2. The van der Waals surface area contributed by atoms with Crippen molar-refractivity contribution in [2.24, 2.45) is 5.92 Å². The Kier molecular flexibility index (Phi) is 5.35. The summed E-state index contributed by atoms with van der Waals surface area (Å²) < 4.78 is 5.33. The van der Waals surface area contributed by atoms with Crippen LogP contribution in [0.15, 0.2) is 18.3 Å². The highest BCUT2D eigenvalue weighted by Gasteiger charge is 2.23.